The fraction of sp³-hybridized carbons (Fsp3) is 0.167. The fourth-order valence-corrected chi connectivity index (χ4v) is 3.66. The Balaban J connectivity index is 1.78. The van der Waals surface area contributed by atoms with Gasteiger partial charge in [0, 0.05) is 19.2 Å². The molecule has 0 saturated carbocycles. The van der Waals surface area contributed by atoms with Crippen molar-refractivity contribution in [3.8, 4) is 17.1 Å². The number of aromatic hydroxyl groups is 1. The molecule has 1 N–H and O–H groups in total. The van der Waals surface area contributed by atoms with Gasteiger partial charge < -0.3 is 14.5 Å². The molecule has 0 radical (unpaired) electrons. The number of carbonyl (C=O) groups excluding carboxylic acids is 1. The van der Waals surface area contributed by atoms with Crippen molar-refractivity contribution in [2.45, 2.75) is 12.7 Å². The van der Waals surface area contributed by atoms with E-state index < -0.39 is 17.6 Å². The van der Waals surface area contributed by atoms with Crippen molar-refractivity contribution in [1.29, 1.82) is 0 Å². The molecule has 1 amide bonds. The number of nitrogens with zero attached hydrogens (tertiary/aromatic N) is 3. The first-order valence-electron chi connectivity index (χ1n) is 8.00. The molecule has 0 fully saturated rings. The number of rotatable bonds is 4. The third kappa shape index (κ3) is 4.78. The van der Waals surface area contributed by atoms with Crippen molar-refractivity contribution < 1.29 is 27.6 Å². The summed E-state index contributed by atoms with van der Waals surface area (Å²) in [7, 11) is 1.42. The minimum absolute atomic E-state index is 0.00522. The third-order valence-electron chi connectivity index (χ3n) is 3.90. The number of aromatic nitrogens is 2. The second-order valence-electron chi connectivity index (χ2n) is 6.07. The molecule has 0 aliphatic rings. The molecule has 0 spiro atoms. The lowest BCUT2D eigenvalue weighted by atomic mass is 10.1. The van der Waals surface area contributed by atoms with Gasteiger partial charge in [-0.1, -0.05) is 17.3 Å². The second-order valence-corrected chi connectivity index (χ2v) is 7.78. The Morgan fingerprint density at radius 3 is 2.48 bits per heavy atom. The highest BCUT2D eigenvalue weighted by atomic mass is 79.9. The Morgan fingerprint density at radius 2 is 1.86 bits per heavy atom. The topological polar surface area (TPSA) is 79.5 Å². The maximum absolute atomic E-state index is 12.8. The van der Waals surface area contributed by atoms with Gasteiger partial charge in [-0.3, -0.25) is 4.79 Å². The second kappa shape index (κ2) is 8.15. The number of hydrogen-bond acceptors (Lipinski definition) is 5. The van der Waals surface area contributed by atoms with Crippen molar-refractivity contribution in [1.82, 2.24) is 15.0 Å². The summed E-state index contributed by atoms with van der Waals surface area (Å²) in [6.07, 6.45) is -4.47. The van der Waals surface area contributed by atoms with Gasteiger partial charge in [0.05, 0.1) is 14.5 Å². The lowest BCUT2D eigenvalue weighted by Crippen LogP contribution is -2.26. The smallest absolute Gasteiger partial charge is 0.416 e. The van der Waals surface area contributed by atoms with Gasteiger partial charge in [-0.15, -0.1) is 0 Å². The Hall–Kier alpha value is -2.40. The summed E-state index contributed by atoms with van der Waals surface area (Å²) in [4.78, 5) is 17.7. The number of phenols is 1. The van der Waals surface area contributed by atoms with Crippen molar-refractivity contribution in [2.75, 3.05) is 7.05 Å². The summed E-state index contributed by atoms with van der Waals surface area (Å²) < 4.78 is 44.3. The van der Waals surface area contributed by atoms with Crippen molar-refractivity contribution >= 4 is 37.8 Å². The standard InChI is InChI=1S/C18H12Br2F3N3O3/c1-26(8-9-3-2-4-11(5-9)18(21,22)23)17(28)16-24-15(25-29-16)10-6-12(19)14(27)13(20)7-10/h2-7,27H,8H2,1H3. The van der Waals surface area contributed by atoms with Crippen molar-refractivity contribution in [3.63, 3.8) is 0 Å². The third-order valence-corrected chi connectivity index (χ3v) is 5.11. The molecule has 0 unspecified atom stereocenters. The molecule has 0 aliphatic carbocycles. The Kier molecular flexibility index (Phi) is 5.99. The number of alkyl halides is 3. The molecular formula is C18H12Br2F3N3O3. The Morgan fingerprint density at radius 1 is 1.21 bits per heavy atom. The monoisotopic (exact) mass is 533 g/mol. The number of amides is 1. The number of halogens is 5. The van der Waals surface area contributed by atoms with Crippen LogP contribution in [-0.4, -0.2) is 33.1 Å². The largest absolute Gasteiger partial charge is 0.506 e. The van der Waals surface area contributed by atoms with Gasteiger partial charge in [-0.05, 0) is 61.7 Å². The van der Waals surface area contributed by atoms with E-state index in [1.807, 2.05) is 0 Å². The number of carbonyl (C=O) groups is 1. The quantitative estimate of drug-likeness (QED) is 0.494. The Bertz CT molecular complexity index is 1050. The highest BCUT2D eigenvalue weighted by Crippen LogP contribution is 2.36. The maximum Gasteiger partial charge on any atom is 0.416 e. The first-order valence-corrected chi connectivity index (χ1v) is 9.58. The summed E-state index contributed by atoms with van der Waals surface area (Å²) in [6.45, 7) is -0.0726. The van der Waals surface area contributed by atoms with Crippen LogP contribution in [-0.2, 0) is 12.7 Å². The van der Waals surface area contributed by atoms with E-state index in [-0.39, 0.29) is 24.0 Å². The van der Waals surface area contributed by atoms with Crippen LogP contribution in [0.1, 0.15) is 21.8 Å². The van der Waals surface area contributed by atoms with E-state index in [0.29, 0.717) is 20.1 Å². The molecule has 0 atom stereocenters. The fourth-order valence-electron chi connectivity index (χ4n) is 2.48. The molecule has 2 aromatic carbocycles. The first kappa shape index (κ1) is 21.3. The van der Waals surface area contributed by atoms with Crippen LogP contribution in [0, 0.1) is 0 Å². The SMILES string of the molecule is CN(Cc1cccc(C(F)(F)F)c1)C(=O)c1nc(-c2cc(Br)c(O)c(Br)c2)no1. The zero-order valence-electron chi connectivity index (χ0n) is 14.7. The molecule has 1 aromatic heterocycles. The van der Waals surface area contributed by atoms with Gasteiger partial charge in [-0.25, -0.2) is 0 Å². The van der Waals surface area contributed by atoms with Gasteiger partial charge in [0.15, 0.2) is 0 Å². The number of benzene rings is 2. The molecule has 0 aliphatic heterocycles. The maximum atomic E-state index is 12.8. The lowest BCUT2D eigenvalue weighted by Gasteiger charge is -2.16. The molecule has 0 bridgehead atoms. The van der Waals surface area contributed by atoms with Crippen LogP contribution in [0.3, 0.4) is 0 Å². The van der Waals surface area contributed by atoms with Gasteiger partial charge in [0.25, 0.3) is 0 Å². The molecule has 0 saturated heterocycles. The molecule has 11 heteroatoms. The van der Waals surface area contributed by atoms with Gasteiger partial charge in [0.1, 0.15) is 5.75 Å². The highest BCUT2D eigenvalue weighted by Gasteiger charge is 2.30. The summed E-state index contributed by atoms with van der Waals surface area (Å²) in [5.41, 5.74) is -0.00824. The van der Waals surface area contributed by atoms with Crippen LogP contribution < -0.4 is 0 Å². The molecule has 152 valence electrons. The van der Waals surface area contributed by atoms with Gasteiger partial charge >= 0.3 is 18.0 Å². The average molecular weight is 535 g/mol. The van der Waals surface area contributed by atoms with E-state index in [0.717, 1.165) is 12.1 Å². The summed E-state index contributed by atoms with van der Waals surface area (Å²) in [5.74, 6) is -0.843. The summed E-state index contributed by atoms with van der Waals surface area (Å²) in [5, 5.41) is 13.5. The van der Waals surface area contributed by atoms with Crippen molar-refractivity contribution in [2.24, 2.45) is 0 Å². The predicted molar refractivity (Wildman–Crippen MR) is 104 cm³/mol. The van der Waals surface area contributed by atoms with Gasteiger partial charge in [-0.2, -0.15) is 18.2 Å². The van der Waals surface area contributed by atoms with E-state index in [1.165, 1.54) is 24.1 Å². The zero-order chi connectivity index (χ0) is 21.3. The van der Waals surface area contributed by atoms with Gasteiger partial charge in [0.2, 0.25) is 5.82 Å². The van der Waals surface area contributed by atoms with Crippen molar-refractivity contribution in [3.05, 3.63) is 62.4 Å². The minimum Gasteiger partial charge on any atom is -0.506 e. The summed E-state index contributed by atoms with van der Waals surface area (Å²) >= 11 is 6.38. The minimum atomic E-state index is -4.47. The molecular weight excluding hydrogens is 523 g/mol. The normalized spacial score (nSPS) is 11.5. The summed E-state index contributed by atoms with van der Waals surface area (Å²) in [6, 6.07) is 7.81. The molecule has 6 nitrogen and oxygen atoms in total. The van der Waals surface area contributed by atoms with E-state index in [4.69, 9.17) is 4.52 Å². The Labute approximate surface area is 179 Å². The van der Waals surface area contributed by atoms with Crippen LogP contribution in [0.5, 0.6) is 5.75 Å². The van der Waals surface area contributed by atoms with Crippen LogP contribution in [0.15, 0.2) is 49.9 Å². The zero-order valence-corrected chi connectivity index (χ0v) is 17.8. The van der Waals surface area contributed by atoms with Crippen LogP contribution in [0.4, 0.5) is 13.2 Å². The average Bonchev–Trinajstić information content (AvgIpc) is 3.14. The van der Waals surface area contributed by atoms with E-state index >= 15 is 0 Å². The number of hydrogen-bond donors (Lipinski definition) is 1. The van der Waals surface area contributed by atoms with E-state index in [1.54, 1.807) is 12.1 Å². The number of phenolic OH excluding ortho intramolecular Hbond substituents is 1. The lowest BCUT2D eigenvalue weighted by molar-refractivity contribution is -0.137. The van der Waals surface area contributed by atoms with Crippen LogP contribution in [0.2, 0.25) is 0 Å². The van der Waals surface area contributed by atoms with Crippen LogP contribution in [0.25, 0.3) is 11.4 Å². The van der Waals surface area contributed by atoms with Crippen LogP contribution >= 0.6 is 31.9 Å². The predicted octanol–water partition coefficient (Wildman–Crippen LogP) is 5.26. The first-order chi connectivity index (χ1) is 13.6. The molecule has 3 aromatic rings. The van der Waals surface area contributed by atoms with E-state index in [9.17, 15) is 23.1 Å². The molecule has 29 heavy (non-hydrogen) atoms. The van der Waals surface area contributed by atoms with E-state index in [2.05, 4.69) is 42.0 Å². The highest BCUT2D eigenvalue weighted by molar-refractivity contribution is 9.11. The molecule has 1 heterocycles. The molecule has 3 rings (SSSR count).